The van der Waals surface area contributed by atoms with Gasteiger partial charge in [0, 0.05) is 32.7 Å². The SMILES string of the molecule is COC1(CNC(=O)CCNC2CC2)CCC1. The van der Waals surface area contributed by atoms with E-state index in [9.17, 15) is 4.79 Å². The molecule has 2 fully saturated rings. The number of hydrogen-bond donors (Lipinski definition) is 2. The fourth-order valence-electron chi connectivity index (χ4n) is 2.05. The molecule has 0 atom stereocenters. The molecule has 0 aromatic rings. The third-order valence-corrected chi connectivity index (χ3v) is 3.67. The molecule has 4 nitrogen and oxygen atoms in total. The Morgan fingerprint density at radius 1 is 1.44 bits per heavy atom. The standard InChI is InChI=1S/C12H22N2O2/c1-16-12(6-2-7-12)9-14-11(15)5-8-13-10-3-4-10/h10,13H,2-9H2,1H3,(H,14,15). The van der Waals surface area contributed by atoms with Crippen molar-refractivity contribution in [1.82, 2.24) is 10.6 Å². The number of amides is 1. The van der Waals surface area contributed by atoms with E-state index in [1.165, 1.54) is 19.3 Å². The summed E-state index contributed by atoms with van der Waals surface area (Å²) in [6.07, 6.45) is 6.49. The Balaban J connectivity index is 1.55. The molecular weight excluding hydrogens is 204 g/mol. The summed E-state index contributed by atoms with van der Waals surface area (Å²) in [6, 6.07) is 0.685. The van der Waals surface area contributed by atoms with Crippen LogP contribution < -0.4 is 10.6 Å². The summed E-state index contributed by atoms with van der Waals surface area (Å²) >= 11 is 0. The van der Waals surface area contributed by atoms with Gasteiger partial charge in [-0.1, -0.05) is 0 Å². The van der Waals surface area contributed by atoms with Crippen molar-refractivity contribution >= 4 is 5.91 Å². The van der Waals surface area contributed by atoms with Crippen molar-refractivity contribution in [2.75, 3.05) is 20.2 Å². The molecule has 0 saturated heterocycles. The average molecular weight is 226 g/mol. The van der Waals surface area contributed by atoms with E-state index >= 15 is 0 Å². The Morgan fingerprint density at radius 3 is 2.69 bits per heavy atom. The molecule has 0 spiro atoms. The molecule has 2 N–H and O–H groups in total. The Morgan fingerprint density at radius 2 is 2.19 bits per heavy atom. The van der Waals surface area contributed by atoms with Crippen LogP contribution in [0, 0.1) is 0 Å². The number of methoxy groups -OCH3 is 1. The van der Waals surface area contributed by atoms with E-state index in [0.717, 1.165) is 19.4 Å². The van der Waals surface area contributed by atoms with Crippen LogP contribution in [0.15, 0.2) is 0 Å². The molecule has 0 aliphatic heterocycles. The zero-order valence-corrected chi connectivity index (χ0v) is 10.1. The maximum Gasteiger partial charge on any atom is 0.221 e. The fourth-order valence-corrected chi connectivity index (χ4v) is 2.05. The molecule has 1 amide bonds. The molecule has 2 saturated carbocycles. The second-order valence-electron chi connectivity index (χ2n) is 5.00. The van der Waals surface area contributed by atoms with Crippen LogP contribution in [0.4, 0.5) is 0 Å². The van der Waals surface area contributed by atoms with Gasteiger partial charge in [0.15, 0.2) is 0 Å². The summed E-state index contributed by atoms with van der Waals surface area (Å²) in [5, 5.41) is 6.30. The number of carbonyl (C=O) groups excluding carboxylic acids is 1. The average Bonchev–Trinajstić information content (AvgIpc) is 3.01. The monoisotopic (exact) mass is 226 g/mol. The Labute approximate surface area is 97.1 Å². The van der Waals surface area contributed by atoms with Gasteiger partial charge in [0.1, 0.15) is 0 Å². The van der Waals surface area contributed by atoms with E-state index in [2.05, 4.69) is 10.6 Å². The van der Waals surface area contributed by atoms with Crippen LogP contribution in [0.3, 0.4) is 0 Å². The lowest BCUT2D eigenvalue weighted by molar-refractivity contribution is -0.124. The first kappa shape index (κ1) is 11.9. The highest BCUT2D eigenvalue weighted by Crippen LogP contribution is 2.34. The summed E-state index contributed by atoms with van der Waals surface area (Å²) in [6.45, 7) is 1.47. The van der Waals surface area contributed by atoms with Crippen LogP contribution in [-0.2, 0) is 9.53 Å². The molecule has 16 heavy (non-hydrogen) atoms. The fraction of sp³-hybridized carbons (Fsp3) is 0.917. The summed E-state index contributed by atoms with van der Waals surface area (Å²) in [5.41, 5.74) is -0.0560. The van der Waals surface area contributed by atoms with Crippen molar-refractivity contribution in [2.24, 2.45) is 0 Å². The highest BCUT2D eigenvalue weighted by atomic mass is 16.5. The van der Waals surface area contributed by atoms with Gasteiger partial charge in [-0.2, -0.15) is 0 Å². The van der Waals surface area contributed by atoms with Gasteiger partial charge in [0.2, 0.25) is 5.91 Å². The van der Waals surface area contributed by atoms with Crippen LogP contribution in [0.2, 0.25) is 0 Å². The Kier molecular flexibility index (Phi) is 3.82. The van der Waals surface area contributed by atoms with E-state index in [1.54, 1.807) is 7.11 Å². The molecule has 0 heterocycles. The molecular formula is C12H22N2O2. The smallest absolute Gasteiger partial charge is 0.221 e. The van der Waals surface area contributed by atoms with Crippen LogP contribution in [0.5, 0.6) is 0 Å². The number of rotatable bonds is 7. The molecule has 2 aliphatic carbocycles. The third kappa shape index (κ3) is 3.19. The van der Waals surface area contributed by atoms with Gasteiger partial charge in [-0.25, -0.2) is 0 Å². The first-order valence-corrected chi connectivity index (χ1v) is 6.29. The first-order valence-electron chi connectivity index (χ1n) is 6.29. The minimum Gasteiger partial charge on any atom is -0.376 e. The van der Waals surface area contributed by atoms with Gasteiger partial charge < -0.3 is 15.4 Å². The van der Waals surface area contributed by atoms with Crippen LogP contribution in [-0.4, -0.2) is 37.7 Å². The van der Waals surface area contributed by atoms with Gasteiger partial charge in [-0.3, -0.25) is 4.79 Å². The maximum atomic E-state index is 11.5. The Hall–Kier alpha value is -0.610. The predicted octanol–water partition coefficient (Wildman–Crippen LogP) is 0.814. The van der Waals surface area contributed by atoms with Crippen molar-refractivity contribution in [3.05, 3.63) is 0 Å². The number of hydrogen-bond acceptors (Lipinski definition) is 3. The second kappa shape index (κ2) is 5.15. The van der Waals surface area contributed by atoms with Crippen LogP contribution in [0.1, 0.15) is 38.5 Å². The summed E-state index contributed by atoms with van der Waals surface area (Å²) < 4.78 is 5.45. The molecule has 4 heteroatoms. The lowest BCUT2D eigenvalue weighted by Crippen LogP contribution is -2.49. The van der Waals surface area contributed by atoms with Crippen molar-refractivity contribution in [3.8, 4) is 0 Å². The molecule has 0 radical (unpaired) electrons. The molecule has 2 aliphatic rings. The summed E-state index contributed by atoms with van der Waals surface area (Å²) in [5.74, 6) is 0.136. The first-order chi connectivity index (χ1) is 7.74. The van der Waals surface area contributed by atoms with E-state index in [4.69, 9.17) is 4.74 Å². The van der Waals surface area contributed by atoms with Gasteiger partial charge in [0.05, 0.1) is 5.60 Å². The van der Waals surface area contributed by atoms with Gasteiger partial charge in [-0.15, -0.1) is 0 Å². The van der Waals surface area contributed by atoms with Gasteiger partial charge in [0.25, 0.3) is 0 Å². The zero-order chi connectivity index (χ0) is 11.4. The van der Waals surface area contributed by atoms with Crippen molar-refractivity contribution < 1.29 is 9.53 Å². The van der Waals surface area contributed by atoms with Crippen molar-refractivity contribution in [3.63, 3.8) is 0 Å². The van der Waals surface area contributed by atoms with Crippen molar-refractivity contribution in [2.45, 2.75) is 50.2 Å². The maximum absolute atomic E-state index is 11.5. The highest BCUT2D eigenvalue weighted by molar-refractivity contribution is 5.76. The number of carbonyl (C=O) groups is 1. The molecule has 0 aromatic carbocycles. The van der Waals surface area contributed by atoms with Gasteiger partial charge >= 0.3 is 0 Å². The van der Waals surface area contributed by atoms with Gasteiger partial charge in [-0.05, 0) is 32.1 Å². The topological polar surface area (TPSA) is 50.4 Å². The third-order valence-electron chi connectivity index (χ3n) is 3.67. The van der Waals surface area contributed by atoms with E-state index < -0.39 is 0 Å². The number of ether oxygens (including phenoxy) is 1. The molecule has 0 bridgehead atoms. The minimum absolute atomic E-state index is 0.0560. The number of nitrogens with one attached hydrogen (secondary N) is 2. The highest BCUT2D eigenvalue weighted by Gasteiger charge is 2.37. The van der Waals surface area contributed by atoms with Crippen molar-refractivity contribution in [1.29, 1.82) is 0 Å². The largest absolute Gasteiger partial charge is 0.376 e. The van der Waals surface area contributed by atoms with Crippen LogP contribution in [0.25, 0.3) is 0 Å². The van der Waals surface area contributed by atoms with E-state index in [0.29, 0.717) is 19.0 Å². The lowest BCUT2D eigenvalue weighted by Gasteiger charge is -2.40. The molecule has 92 valence electrons. The summed E-state index contributed by atoms with van der Waals surface area (Å²) in [4.78, 5) is 11.5. The Bertz CT molecular complexity index is 242. The normalized spacial score (nSPS) is 22.6. The quantitative estimate of drug-likeness (QED) is 0.675. The summed E-state index contributed by atoms with van der Waals surface area (Å²) in [7, 11) is 1.74. The predicted molar refractivity (Wildman–Crippen MR) is 62.2 cm³/mol. The molecule has 2 rings (SSSR count). The molecule has 0 unspecified atom stereocenters. The minimum atomic E-state index is -0.0560. The van der Waals surface area contributed by atoms with Crippen LogP contribution >= 0.6 is 0 Å². The zero-order valence-electron chi connectivity index (χ0n) is 10.1. The van der Waals surface area contributed by atoms with E-state index in [1.807, 2.05) is 0 Å². The lowest BCUT2D eigenvalue weighted by atomic mass is 9.80. The second-order valence-corrected chi connectivity index (χ2v) is 5.00. The van der Waals surface area contributed by atoms with E-state index in [-0.39, 0.29) is 11.5 Å². The molecule has 0 aromatic heterocycles.